The molecule has 1 rings (SSSR count). The van der Waals surface area contributed by atoms with E-state index in [4.69, 9.17) is 16.7 Å². The fourth-order valence-corrected chi connectivity index (χ4v) is 2.43. The first-order chi connectivity index (χ1) is 10.1. The highest BCUT2D eigenvalue weighted by molar-refractivity contribution is 6.30. The van der Waals surface area contributed by atoms with Crippen LogP contribution in [0.3, 0.4) is 0 Å². The SMILES string of the molecule is CC(Cc1cccc(Cl)c1)C(=O)NC(C)(CC(=O)O)C(C)C. The molecule has 0 spiro atoms. The minimum Gasteiger partial charge on any atom is -0.481 e. The van der Waals surface area contributed by atoms with Crippen LogP contribution in [0.25, 0.3) is 0 Å². The maximum absolute atomic E-state index is 12.4. The summed E-state index contributed by atoms with van der Waals surface area (Å²) in [6.45, 7) is 7.42. The van der Waals surface area contributed by atoms with Crippen LogP contribution in [0, 0.1) is 11.8 Å². The molecule has 0 aliphatic carbocycles. The number of carboxylic acids is 1. The van der Waals surface area contributed by atoms with Crippen molar-refractivity contribution in [1.29, 1.82) is 0 Å². The van der Waals surface area contributed by atoms with E-state index < -0.39 is 11.5 Å². The maximum Gasteiger partial charge on any atom is 0.305 e. The zero-order valence-electron chi connectivity index (χ0n) is 13.5. The van der Waals surface area contributed by atoms with Crippen LogP contribution in [-0.4, -0.2) is 22.5 Å². The molecule has 0 heterocycles. The number of nitrogens with one attached hydrogen (secondary N) is 1. The Kier molecular flexibility index (Phi) is 6.42. The number of amides is 1. The number of carbonyl (C=O) groups excluding carboxylic acids is 1. The average molecular weight is 326 g/mol. The van der Waals surface area contributed by atoms with Gasteiger partial charge >= 0.3 is 5.97 Å². The van der Waals surface area contributed by atoms with Gasteiger partial charge in [-0.25, -0.2) is 0 Å². The molecule has 22 heavy (non-hydrogen) atoms. The van der Waals surface area contributed by atoms with Gasteiger partial charge in [-0.05, 0) is 37.0 Å². The Labute approximate surface area is 136 Å². The third-order valence-electron chi connectivity index (χ3n) is 4.08. The minimum absolute atomic E-state index is 0.0194. The van der Waals surface area contributed by atoms with Crippen LogP contribution in [0.5, 0.6) is 0 Å². The molecule has 1 aromatic carbocycles. The lowest BCUT2D eigenvalue weighted by molar-refractivity contribution is -0.139. The summed E-state index contributed by atoms with van der Waals surface area (Å²) < 4.78 is 0. The van der Waals surface area contributed by atoms with Gasteiger partial charge in [-0.3, -0.25) is 9.59 Å². The smallest absolute Gasteiger partial charge is 0.305 e. The summed E-state index contributed by atoms with van der Waals surface area (Å²) in [7, 11) is 0. The highest BCUT2D eigenvalue weighted by Crippen LogP contribution is 2.22. The molecule has 0 saturated carbocycles. The van der Waals surface area contributed by atoms with E-state index in [-0.39, 0.29) is 24.2 Å². The highest BCUT2D eigenvalue weighted by atomic mass is 35.5. The first-order valence-corrected chi connectivity index (χ1v) is 7.80. The first kappa shape index (κ1) is 18.5. The van der Waals surface area contributed by atoms with Crippen LogP contribution in [-0.2, 0) is 16.0 Å². The average Bonchev–Trinajstić information content (AvgIpc) is 2.37. The maximum atomic E-state index is 12.4. The van der Waals surface area contributed by atoms with Crippen LogP contribution in [0.15, 0.2) is 24.3 Å². The lowest BCUT2D eigenvalue weighted by atomic mass is 9.84. The molecular weight excluding hydrogens is 302 g/mol. The van der Waals surface area contributed by atoms with Crippen LogP contribution < -0.4 is 5.32 Å². The van der Waals surface area contributed by atoms with E-state index in [1.165, 1.54) is 0 Å². The monoisotopic (exact) mass is 325 g/mol. The zero-order valence-corrected chi connectivity index (χ0v) is 14.3. The Morgan fingerprint density at radius 2 is 1.95 bits per heavy atom. The summed E-state index contributed by atoms with van der Waals surface area (Å²) >= 11 is 5.95. The van der Waals surface area contributed by atoms with Gasteiger partial charge in [0.25, 0.3) is 0 Å². The molecule has 2 N–H and O–H groups in total. The highest BCUT2D eigenvalue weighted by Gasteiger charge is 2.33. The Hall–Kier alpha value is -1.55. The molecule has 0 saturated heterocycles. The molecule has 0 radical (unpaired) electrons. The molecule has 122 valence electrons. The molecule has 0 aliphatic rings. The number of benzene rings is 1. The van der Waals surface area contributed by atoms with E-state index in [1.807, 2.05) is 39.0 Å². The summed E-state index contributed by atoms with van der Waals surface area (Å²) in [5.41, 5.74) is 0.227. The Balaban J connectivity index is 2.75. The number of carboxylic acid groups (broad SMARTS) is 1. The van der Waals surface area contributed by atoms with Crippen molar-refractivity contribution in [3.8, 4) is 0 Å². The van der Waals surface area contributed by atoms with Crippen molar-refractivity contribution >= 4 is 23.5 Å². The minimum atomic E-state index is -0.918. The Bertz CT molecular complexity index is 544. The van der Waals surface area contributed by atoms with Crippen molar-refractivity contribution in [3.63, 3.8) is 0 Å². The second-order valence-corrected chi connectivity index (χ2v) is 6.80. The molecule has 2 atom stereocenters. The van der Waals surface area contributed by atoms with Gasteiger partial charge in [-0.15, -0.1) is 0 Å². The normalized spacial score (nSPS) is 15.2. The van der Waals surface area contributed by atoms with Gasteiger partial charge in [-0.1, -0.05) is 44.5 Å². The van der Waals surface area contributed by atoms with Crippen molar-refractivity contribution in [2.24, 2.45) is 11.8 Å². The molecule has 0 fully saturated rings. The van der Waals surface area contributed by atoms with Gasteiger partial charge in [0.15, 0.2) is 0 Å². The third-order valence-corrected chi connectivity index (χ3v) is 4.32. The summed E-state index contributed by atoms with van der Waals surface area (Å²) in [5.74, 6) is -1.30. The van der Waals surface area contributed by atoms with E-state index in [2.05, 4.69) is 5.32 Å². The Morgan fingerprint density at radius 3 is 2.45 bits per heavy atom. The van der Waals surface area contributed by atoms with Crippen LogP contribution in [0.2, 0.25) is 5.02 Å². The molecule has 2 unspecified atom stereocenters. The van der Waals surface area contributed by atoms with Crippen LogP contribution in [0.4, 0.5) is 0 Å². The number of hydrogen-bond acceptors (Lipinski definition) is 2. The van der Waals surface area contributed by atoms with Gasteiger partial charge in [-0.2, -0.15) is 0 Å². The number of aliphatic carboxylic acids is 1. The zero-order chi connectivity index (χ0) is 16.9. The van der Waals surface area contributed by atoms with Crippen molar-refractivity contribution in [3.05, 3.63) is 34.9 Å². The van der Waals surface area contributed by atoms with Crippen LogP contribution in [0.1, 0.15) is 39.7 Å². The molecule has 0 bridgehead atoms. The van der Waals surface area contributed by atoms with Crippen LogP contribution >= 0.6 is 11.6 Å². The molecule has 5 heteroatoms. The summed E-state index contributed by atoms with van der Waals surface area (Å²) in [4.78, 5) is 23.4. The molecule has 0 aromatic heterocycles. The van der Waals surface area contributed by atoms with Gasteiger partial charge in [0, 0.05) is 16.5 Å². The van der Waals surface area contributed by atoms with E-state index in [0.29, 0.717) is 11.4 Å². The summed E-state index contributed by atoms with van der Waals surface area (Å²) in [6.07, 6.45) is 0.466. The number of rotatable bonds is 7. The van der Waals surface area contributed by atoms with Gasteiger partial charge in [0.2, 0.25) is 5.91 Å². The molecule has 1 amide bonds. The predicted molar refractivity (Wildman–Crippen MR) is 88.0 cm³/mol. The largest absolute Gasteiger partial charge is 0.481 e. The lowest BCUT2D eigenvalue weighted by Gasteiger charge is -2.34. The molecule has 0 aliphatic heterocycles. The molecule has 1 aromatic rings. The number of hydrogen-bond donors (Lipinski definition) is 2. The second kappa shape index (κ2) is 7.63. The third kappa shape index (κ3) is 5.34. The number of halogens is 1. The number of carbonyl (C=O) groups is 2. The fraction of sp³-hybridized carbons (Fsp3) is 0.529. The van der Waals surface area contributed by atoms with E-state index in [9.17, 15) is 9.59 Å². The fourth-order valence-electron chi connectivity index (χ4n) is 2.22. The second-order valence-electron chi connectivity index (χ2n) is 6.37. The lowest BCUT2D eigenvalue weighted by Crippen LogP contribution is -2.52. The van der Waals surface area contributed by atoms with E-state index in [0.717, 1.165) is 5.56 Å². The summed E-state index contributed by atoms with van der Waals surface area (Å²) in [5, 5.41) is 12.6. The predicted octanol–water partition coefficient (Wildman–Crippen LogP) is 3.52. The summed E-state index contributed by atoms with van der Waals surface area (Å²) in [6, 6.07) is 7.40. The quantitative estimate of drug-likeness (QED) is 0.806. The van der Waals surface area contributed by atoms with Gasteiger partial charge in [0.05, 0.1) is 6.42 Å². The van der Waals surface area contributed by atoms with Crippen molar-refractivity contribution in [2.75, 3.05) is 0 Å². The van der Waals surface area contributed by atoms with Gasteiger partial charge < -0.3 is 10.4 Å². The Morgan fingerprint density at radius 1 is 1.32 bits per heavy atom. The molecular formula is C17H24ClNO3. The van der Waals surface area contributed by atoms with Gasteiger partial charge in [0.1, 0.15) is 0 Å². The van der Waals surface area contributed by atoms with Crippen molar-refractivity contribution in [2.45, 2.75) is 46.1 Å². The molecule has 4 nitrogen and oxygen atoms in total. The van der Waals surface area contributed by atoms with Crippen molar-refractivity contribution < 1.29 is 14.7 Å². The van der Waals surface area contributed by atoms with E-state index in [1.54, 1.807) is 13.0 Å². The van der Waals surface area contributed by atoms with Crippen molar-refractivity contribution in [1.82, 2.24) is 5.32 Å². The topological polar surface area (TPSA) is 66.4 Å². The first-order valence-electron chi connectivity index (χ1n) is 7.42. The standard InChI is InChI=1S/C17H24ClNO3/c1-11(2)17(4,10-15(20)21)19-16(22)12(3)8-13-6-5-7-14(18)9-13/h5-7,9,11-12H,8,10H2,1-4H3,(H,19,22)(H,20,21). The van der Waals surface area contributed by atoms with E-state index >= 15 is 0 Å².